The molecule has 5 heteroatoms. The highest BCUT2D eigenvalue weighted by atomic mass is 32.2. The number of thiazole rings is 1. The smallest absolute Gasteiger partial charge is 0.223 e. The predicted molar refractivity (Wildman–Crippen MR) is 80.5 cm³/mol. The molecule has 0 aliphatic rings. The van der Waals surface area contributed by atoms with Crippen molar-refractivity contribution in [2.45, 2.75) is 30.4 Å². The molecular weight excluding hydrogens is 276 g/mol. The van der Waals surface area contributed by atoms with Gasteiger partial charge in [0.15, 0.2) is 0 Å². The first-order chi connectivity index (χ1) is 9.04. The molecule has 0 aliphatic carbocycles. The molecule has 19 heavy (non-hydrogen) atoms. The molecule has 2 rings (SSSR count). The minimum absolute atomic E-state index is 0.223. The molecule has 0 bridgehead atoms. The fourth-order valence-electron chi connectivity index (χ4n) is 1.71. The normalized spacial score (nSPS) is 10.6. The number of aryl methyl sites for hydroxylation is 2. The van der Waals surface area contributed by atoms with E-state index in [0.29, 0.717) is 0 Å². The molecule has 0 unspecified atom stereocenters. The van der Waals surface area contributed by atoms with Gasteiger partial charge < -0.3 is 5.73 Å². The Morgan fingerprint density at radius 3 is 2.95 bits per heavy atom. The maximum Gasteiger partial charge on any atom is 0.223 e. The van der Waals surface area contributed by atoms with Gasteiger partial charge in [0.2, 0.25) is 5.91 Å². The summed E-state index contributed by atoms with van der Waals surface area (Å²) < 4.78 is 0.983. The highest BCUT2D eigenvalue weighted by Gasteiger charge is 2.07. The molecule has 1 aromatic heterocycles. The number of nitrogens with two attached hydrogens (primary N) is 1. The zero-order chi connectivity index (χ0) is 13.8. The summed E-state index contributed by atoms with van der Waals surface area (Å²) >= 11 is 3.26. The lowest BCUT2D eigenvalue weighted by atomic mass is 10.1. The van der Waals surface area contributed by atoms with Crippen LogP contribution in [0.15, 0.2) is 27.9 Å². The number of carbonyl (C=O) groups excluding carboxylic acids is 1. The van der Waals surface area contributed by atoms with Crippen molar-refractivity contribution in [1.29, 1.82) is 0 Å². The van der Waals surface area contributed by atoms with Crippen molar-refractivity contribution in [3.63, 3.8) is 0 Å². The van der Waals surface area contributed by atoms with Gasteiger partial charge in [0.1, 0.15) is 4.34 Å². The standard InChI is InChI=1S/C14H16N2OS2/c1-9-3-4-10(2)11(5-9)7-18-14-16-12(8-19-14)6-13(15)17/h3-5,8H,6-7H2,1-2H3,(H2,15,17). The molecule has 0 spiro atoms. The molecule has 100 valence electrons. The zero-order valence-corrected chi connectivity index (χ0v) is 12.6. The highest BCUT2D eigenvalue weighted by molar-refractivity contribution is 8.00. The fraction of sp³-hybridized carbons (Fsp3) is 0.286. The van der Waals surface area contributed by atoms with Crippen LogP contribution in [-0.4, -0.2) is 10.9 Å². The van der Waals surface area contributed by atoms with E-state index >= 15 is 0 Å². The van der Waals surface area contributed by atoms with Gasteiger partial charge in [-0.3, -0.25) is 4.79 Å². The Hall–Kier alpha value is -1.33. The van der Waals surface area contributed by atoms with Crippen molar-refractivity contribution in [3.8, 4) is 0 Å². The van der Waals surface area contributed by atoms with Crippen LogP contribution in [-0.2, 0) is 17.0 Å². The molecule has 1 amide bonds. The quantitative estimate of drug-likeness (QED) is 0.862. The number of primary amides is 1. The van der Waals surface area contributed by atoms with E-state index in [4.69, 9.17) is 5.73 Å². The molecule has 0 radical (unpaired) electrons. The van der Waals surface area contributed by atoms with Crippen molar-refractivity contribution in [2.24, 2.45) is 5.73 Å². The topological polar surface area (TPSA) is 56.0 Å². The van der Waals surface area contributed by atoms with Gasteiger partial charge in [-0.15, -0.1) is 11.3 Å². The Morgan fingerprint density at radius 2 is 2.21 bits per heavy atom. The second-order valence-corrected chi connectivity index (χ2v) is 6.55. The molecule has 1 aromatic carbocycles. The molecule has 0 atom stereocenters. The second-order valence-electron chi connectivity index (χ2n) is 4.47. The minimum Gasteiger partial charge on any atom is -0.369 e. The van der Waals surface area contributed by atoms with E-state index in [-0.39, 0.29) is 12.3 Å². The van der Waals surface area contributed by atoms with Crippen molar-refractivity contribution >= 4 is 29.0 Å². The first kappa shape index (κ1) is 14.1. The lowest BCUT2D eigenvalue weighted by Crippen LogP contribution is -2.13. The van der Waals surface area contributed by atoms with Crippen LogP contribution in [0.25, 0.3) is 0 Å². The number of nitrogens with zero attached hydrogens (tertiary/aromatic N) is 1. The number of rotatable bonds is 5. The second kappa shape index (κ2) is 6.21. The Labute approximate surface area is 121 Å². The summed E-state index contributed by atoms with van der Waals surface area (Å²) in [6, 6.07) is 6.48. The van der Waals surface area contributed by atoms with E-state index in [1.165, 1.54) is 16.7 Å². The first-order valence-corrected chi connectivity index (χ1v) is 7.83. The Kier molecular flexibility index (Phi) is 4.61. The number of carbonyl (C=O) groups is 1. The van der Waals surface area contributed by atoms with Crippen molar-refractivity contribution in [2.75, 3.05) is 0 Å². The largest absolute Gasteiger partial charge is 0.369 e. The number of amides is 1. The van der Waals surface area contributed by atoms with Crippen LogP contribution in [0.4, 0.5) is 0 Å². The van der Waals surface area contributed by atoms with Crippen LogP contribution in [0, 0.1) is 13.8 Å². The van der Waals surface area contributed by atoms with Crippen LogP contribution >= 0.6 is 23.1 Å². The van der Waals surface area contributed by atoms with Gasteiger partial charge in [0, 0.05) is 11.1 Å². The average Bonchev–Trinajstić information content (AvgIpc) is 2.77. The Bertz CT molecular complexity index is 593. The molecular formula is C14H16N2OS2. The Morgan fingerprint density at radius 1 is 1.42 bits per heavy atom. The van der Waals surface area contributed by atoms with Gasteiger partial charge in [-0.1, -0.05) is 35.5 Å². The lowest BCUT2D eigenvalue weighted by molar-refractivity contribution is -0.117. The highest BCUT2D eigenvalue weighted by Crippen LogP contribution is 2.27. The van der Waals surface area contributed by atoms with E-state index in [1.807, 2.05) is 5.38 Å². The van der Waals surface area contributed by atoms with E-state index in [9.17, 15) is 4.79 Å². The summed E-state index contributed by atoms with van der Waals surface area (Å²) in [4.78, 5) is 15.2. The number of thioether (sulfide) groups is 1. The zero-order valence-electron chi connectivity index (χ0n) is 11.0. The maximum absolute atomic E-state index is 10.8. The molecule has 1 heterocycles. The van der Waals surface area contributed by atoms with Gasteiger partial charge in [0.25, 0.3) is 0 Å². The SMILES string of the molecule is Cc1ccc(C)c(CSc2nc(CC(N)=O)cs2)c1. The van der Waals surface area contributed by atoms with Gasteiger partial charge in [-0.2, -0.15) is 0 Å². The van der Waals surface area contributed by atoms with Crippen molar-refractivity contribution in [3.05, 3.63) is 46.0 Å². The molecule has 0 fully saturated rings. The Balaban J connectivity index is 2.00. The number of hydrogen-bond donors (Lipinski definition) is 1. The van der Waals surface area contributed by atoms with E-state index in [2.05, 4.69) is 37.0 Å². The third-order valence-electron chi connectivity index (χ3n) is 2.74. The maximum atomic E-state index is 10.8. The van der Waals surface area contributed by atoms with Crippen LogP contribution in [0.2, 0.25) is 0 Å². The summed E-state index contributed by atoms with van der Waals surface area (Å²) in [7, 11) is 0. The average molecular weight is 292 g/mol. The third-order valence-corrected chi connectivity index (χ3v) is 4.86. The first-order valence-electron chi connectivity index (χ1n) is 5.96. The molecule has 2 aromatic rings. The van der Waals surface area contributed by atoms with E-state index in [0.717, 1.165) is 15.8 Å². The lowest BCUT2D eigenvalue weighted by Gasteiger charge is -2.05. The van der Waals surface area contributed by atoms with Gasteiger partial charge >= 0.3 is 0 Å². The predicted octanol–water partition coefficient (Wildman–Crippen LogP) is 3.08. The van der Waals surface area contributed by atoms with Crippen LogP contribution in [0.5, 0.6) is 0 Å². The minimum atomic E-state index is -0.337. The van der Waals surface area contributed by atoms with Crippen LogP contribution < -0.4 is 5.73 Å². The summed E-state index contributed by atoms with van der Waals surface area (Å²) in [5.74, 6) is 0.563. The number of aromatic nitrogens is 1. The molecule has 0 saturated carbocycles. The van der Waals surface area contributed by atoms with Crippen molar-refractivity contribution in [1.82, 2.24) is 4.98 Å². The van der Waals surface area contributed by atoms with Gasteiger partial charge in [-0.05, 0) is 25.0 Å². The molecule has 2 N–H and O–H groups in total. The third kappa shape index (κ3) is 4.08. The number of benzene rings is 1. The van der Waals surface area contributed by atoms with Gasteiger partial charge in [0.05, 0.1) is 12.1 Å². The summed E-state index contributed by atoms with van der Waals surface area (Å²) in [6.45, 7) is 4.22. The number of hydrogen-bond acceptors (Lipinski definition) is 4. The van der Waals surface area contributed by atoms with E-state index in [1.54, 1.807) is 23.1 Å². The van der Waals surface area contributed by atoms with Crippen molar-refractivity contribution < 1.29 is 4.79 Å². The fourth-order valence-corrected chi connectivity index (χ4v) is 3.62. The summed E-state index contributed by atoms with van der Waals surface area (Å²) in [5.41, 5.74) is 9.82. The molecule has 0 aliphatic heterocycles. The van der Waals surface area contributed by atoms with E-state index < -0.39 is 0 Å². The molecule has 0 saturated heterocycles. The van der Waals surface area contributed by atoms with Crippen LogP contribution in [0.3, 0.4) is 0 Å². The monoisotopic (exact) mass is 292 g/mol. The summed E-state index contributed by atoms with van der Waals surface area (Å²) in [6.07, 6.45) is 0.223. The molecule has 3 nitrogen and oxygen atoms in total. The summed E-state index contributed by atoms with van der Waals surface area (Å²) in [5, 5.41) is 1.90. The van der Waals surface area contributed by atoms with Gasteiger partial charge in [-0.25, -0.2) is 4.98 Å². The van der Waals surface area contributed by atoms with Crippen LogP contribution in [0.1, 0.15) is 22.4 Å².